The van der Waals surface area contributed by atoms with E-state index in [4.69, 9.17) is 0 Å². The maximum atomic E-state index is 4.48. The van der Waals surface area contributed by atoms with Gasteiger partial charge in [0.2, 0.25) is 0 Å². The summed E-state index contributed by atoms with van der Waals surface area (Å²) in [5, 5.41) is 8.88. The van der Waals surface area contributed by atoms with Gasteiger partial charge < -0.3 is 9.47 Å². The van der Waals surface area contributed by atoms with Crippen LogP contribution >= 0.6 is 0 Å². The predicted molar refractivity (Wildman–Crippen MR) is 76.1 cm³/mol. The summed E-state index contributed by atoms with van der Waals surface area (Å²) in [7, 11) is 0. The summed E-state index contributed by atoms with van der Waals surface area (Å²) in [5.41, 5.74) is 0. The minimum absolute atomic E-state index is 0.685. The van der Waals surface area contributed by atoms with Gasteiger partial charge in [-0.1, -0.05) is 20.3 Å². The van der Waals surface area contributed by atoms with Crippen LogP contribution in [0.2, 0.25) is 0 Å². The first-order chi connectivity index (χ1) is 9.28. The number of rotatable bonds is 3. The standard InChI is InChI=1S/C15H26N4/c1-3-18-9-5-4-6-13(18)10-15-17-16-14-8-7-12(2)11-19(14)15/h12-13H,3-11H2,1-2H3. The van der Waals surface area contributed by atoms with E-state index in [1.807, 2.05) is 0 Å². The predicted octanol–water partition coefficient (Wildman–Crippen LogP) is 2.28. The van der Waals surface area contributed by atoms with Crippen molar-refractivity contribution >= 4 is 0 Å². The Kier molecular flexibility index (Phi) is 3.87. The third kappa shape index (κ3) is 2.69. The van der Waals surface area contributed by atoms with E-state index in [0.29, 0.717) is 6.04 Å². The largest absolute Gasteiger partial charge is 0.315 e. The zero-order valence-electron chi connectivity index (χ0n) is 12.3. The fourth-order valence-electron chi connectivity index (χ4n) is 3.62. The highest BCUT2D eigenvalue weighted by molar-refractivity contribution is 5.02. The Hall–Kier alpha value is -0.900. The van der Waals surface area contributed by atoms with Crippen molar-refractivity contribution in [2.45, 2.75) is 65.0 Å². The highest BCUT2D eigenvalue weighted by Gasteiger charge is 2.26. The van der Waals surface area contributed by atoms with Crippen molar-refractivity contribution in [2.24, 2.45) is 5.92 Å². The van der Waals surface area contributed by atoms with E-state index in [9.17, 15) is 0 Å². The van der Waals surface area contributed by atoms with Crippen LogP contribution in [0.25, 0.3) is 0 Å². The summed E-state index contributed by atoms with van der Waals surface area (Å²) in [4.78, 5) is 2.62. The zero-order chi connectivity index (χ0) is 13.2. The highest BCUT2D eigenvalue weighted by Crippen LogP contribution is 2.23. The van der Waals surface area contributed by atoms with Crippen LogP contribution in [0.15, 0.2) is 0 Å². The molecule has 0 radical (unpaired) electrons. The van der Waals surface area contributed by atoms with Crippen LogP contribution in [-0.4, -0.2) is 38.8 Å². The summed E-state index contributed by atoms with van der Waals surface area (Å²) >= 11 is 0. The first-order valence-electron chi connectivity index (χ1n) is 7.93. The SMILES string of the molecule is CCN1CCCCC1Cc1nnc2n1CC(C)CC2. The topological polar surface area (TPSA) is 34.0 Å². The molecule has 3 heterocycles. The van der Waals surface area contributed by atoms with Crippen molar-refractivity contribution < 1.29 is 0 Å². The van der Waals surface area contributed by atoms with Crippen molar-refractivity contribution in [3.63, 3.8) is 0 Å². The van der Waals surface area contributed by atoms with Crippen molar-refractivity contribution in [3.8, 4) is 0 Å². The molecule has 4 heteroatoms. The molecule has 1 fully saturated rings. The molecule has 1 aromatic rings. The number of aryl methyl sites for hydroxylation is 1. The molecule has 3 rings (SSSR count). The van der Waals surface area contributed by atoms with E-state index in [0.717, 1.165) is 25.3 Å². The van der Waals surface area contributed by atoms with Crippen LogP contribution in [0.1, 0.15) is 51.2 Å². The summed E-state index contributed by atoms with van der Waals surface area (Å²) in [5.74, 6) is 3.22. The van der Waals surface area contributed by atoms with Crippen molar-refractivity contribution in [2.75, 3.05) is 13.1 Å². The van der Waals surface area contributed by atoms with Gasteiger partial charge >= 0.3 is 0 Å². The van der Waals surface area contributed by atoms with Crippen LogP contribution < -0.4 is 0 Å². The van der Waals surface area contributed by atoms with Gasteiger partial charge in [0.25, 0.3) is 0 Å². The second-order valence-corrected chi connectivity index (χ2v) is 6.27. The molecule has 0 bridgehead atoms. The van der Waals surface area contributed by atoms with Gasteiger partial charge in [-0.25, -0.2) is 0 Å². The van der Waals surface area contributed by atoms with E-state index in [-0.39, 0.29) is 0 Å². The number of fused-ring (bicyclic) bond motifs is 1. The van der Waals surface area contributed by atoms with Crippen LogP contribution in [-0.2, 0) is 19.4 Å². The fourth-order valence-corrected chi connectivity index (χ4v) is 3.62. The second-order valence-electron chi connectivity index (χ2n) is 6.27. The molecule has 1 saturated heterocycles. The Morgan fingerprint density at radius 3 is 2.95 bits per heavy atom. The van der Waals surface area contributed by atoms with Gasteiger partial charge in [-0.3, -0.25) is 0 Å². The smallest absolute Gasteiger partial charge is 0.134 e. The molecule has 1 aromatic heterocycles. The third-order valence-electron chi connectivity index (χ3n) is 4.83. The third-order valence-corrected chi connectivity index (χ3v) is 4.83. The molecular formula is C15H26N4. The Labute approximate surface area is 116 Å². The average molecular weight is 262 g/mol. The van der Waals surface area contributed by atoms with Gasteiger partial charge in [0, 0.05) is 25.4 Å². The number of aromatic nitrogens is 3. The van der Waals surface area contributed by atoms with Crippen molar-refractivity contribution in [1.29, 1.82) is 0 Å². The molecule has 2 atom stereocenters. The summed E-state index contributed by atoms with van der Waals surface area (Å²) in [6.45, 7) is 8.17. The van der Waals surface area contributed by atoms with E-state index in [1.54, 1.807) is 0 Å². The van der Waals surface area contributed by atoms with Gasteiger partial charge in [-0.15, -0.1) is 10.2 Å². The van der Waals surface area contributed by atoms with Crippen LogP contribution in [0.5, 0.6) is 0 Å². The number of nitrogens with zero attached hydrogens (tertiary/aromatic N) is 4. The lowest BCUT2D eigenvalue weighted by Gasteiger charge is -2.35. The normalized spacial score (nSPS) is 28.3. The van der Waals surface area contributed by atoms with Crippen LogP contribution in [0.4, 0.5) is 0 Å². The molecule has 0 aliphatic carbocycles. The monoisotopic (exact) mass is 262 g/mol. The molecule has 0 saturated carbocycles. The number of likely N-dealkylation sites (tertiary alicyclic amines) is 1. The van der Waals surface area contributed by atoms with Gasteiger partial charge in [-0.2, -0.15) is 0 Å². The second kappa shape index (κ2) is 5.61. The summed E-state index contributed by atoms with van der Waals surface area (Å²) < 4.78 is 2.40. The molecule has 0 N–H and O–H groups in total. The molecule has 106 valence electrons. The lowest BCUT2D eigenvalue weighted by Crippen LogP contribution is -2.41. The lowest BCUT2D eigenvalue weighted by molar-refractivity contribution is 0.152. The van der Waals surface area contributed by atoms with Gasteiger partial charge in [0.1, 0.15) is 11.6 Å². The van der Waals surface area contributed by atoms with E-state index in [2.05, 4.69) is 33.5 Å². The molecule has 2 unspecified atom stereocenters. The number of likely N-dealkylation sites (N-methyl/N-ethyl adjacent to an activating group) is 1. The molecule has 0 amide bonds. The average Bonchev–Trinajstić information content (AvgIpc) is 2.82. The first-order valence-corrected chi connectivity index (χ1v) is 7.93. The summed E-state index contributed by atoms with van der Waals surface area (Å²) in [6.07, 6.45) is 7.52. The Bertz CT molecular complexity index is 426. The Balaban J connectivity index is 1.74. The van der Waals surface area contributed by atoms with Crippen molar-refractivity contribution in [3.05, 3.63) is 11.6 Å². The Morgan fingerprint density at radius 2 is 2.11 bits per heavy atom. The number of hydrogen-bond acceptors (Lipinski definition) is 3. The Morgan fingerprint density at radius 1 is 1.21 bits per heavy atom. The number of hydrogen-bond donors (Lipinski definition) is 0. The van der Waals surface area contributed by atoms with Gasteiger partial charge in [0.15, 0.2) is 0 Å². The maximum Gasteiger partial charge on any atom is 0.134 e. The minimum Gasteiger partial charge on any atom is -0.315 e. The molecule has 2 aliphatic heterocycles. The molecule has 0 aromatic carbocycles. The number of piperidine rings is 1. The minimum atomic E-state index is 0.685. The first kappa shape index (κ1) is 13.1. The fraction of sp³-hybridized carbons (Fsp3) is 0.867. The lowest BCUT2D eigenvalue weighted by atomic mass is 9.98. The van der Waals surface area contributed by atoms with E-state index in [1.165, 1.54) is 50.4 Å². The molecule has 0 spiro atoms. The summed E-state index contributed by atoms with van der Waals surface area (Å²) in [6, 6.07) is 0.685. The van der Waals surface area contributed by atoms with Crippen molar-refractivity contribution in [1.82, 2.24) is 19.7 Å². The van der Waals surface area contributed by atoms with E-state index >= 15 is 0 Å². The molecule has 19 heavy (non-hydrogen) atoms. The van der Waals surface area contributed by atoms with Gasteiger partial charge in [-0.05, 0) is 38.3 Å². The molecular weight excluding hydrogens is 236 g/mol. The quantitative estimate of drug-likeness (QED) is 0.838. The molecule has 2 aliphatic rings. The highest BCUT2D eigenvalue weighted by atomic mass is 15.3. The van der Waals surface area contributed by atoms with Crippen LogP contribution in [0, 0.1) is 5.92 Å². The van der Waals surface area contributed by atoms with Crippen LogP contribution in [0.3, 0.4) is 0 Å². The molecule has 4 nitrogen and oxygen atoms in total. The van der Waals surface area contributed by atoms with E-state index < -0.39 is 0 Å². The van der Waals surface area contributed by atoms with Gasteiger partial charge in [0.05, 0.1) is 0 Å². The maximum absolute atomic E-state index is 4.48. The zero-order valence-corrected chi connectivity index (χ0v) is 12.3.